The van der Waals surface area contributed by atoms with Gasteiger partial charge < -0.3 is 16.2 Å². The van der Waals surface area contributed by atoms with Gasteiger partial charge in [0.2, 0.25) is 0 Å². The molecule has 0 aliphatic heterocycles. The zero-order valence-corrected chi connectivity index (χ0v) is 11.9. The number of nitrogen functional groups attached to an aromatic ring is 1. The first-order chi connectivity index (χ1) is 8.91. The number of halogens is 2. The fraction of sp³-hybridized carbons (Fsp3) is 0.462. The van der Waals surface area contributed by atoms with Crippen molar-refractivity contribution in [3.63, 3.8) is 0 Å². The van der Waals surface area contributed by atoms with Crippen LogP contribution in [0.5, 0.6) is 0 Å². The minimum Gasteiger partial charge on any atom is -0.396 e. The Morgan fingerprint density at radius 1 is 1.32 bits per heavy atom. The van der Waals surface area contributed by atoms with Crippen molar-refractivity contribution in [1.29, 1.82) is 0 Å². The number of carbonyl (C=O) groups excluding carboxylic acids is 1. The fourth-order valence-electron chi connectivity index (χ4n) is 2.27. The molecule has 6 heteroatoms. The number of carbonyl (C=O) groups is 1. The summed E-state index contributed by atoms with van der Waals surface area (Å²) in [6.07, 6.45) is 3.42. The maximum atomic E-state index is 12.0. The Hall–Kier alpha value is -0.970. The minimum atomic E-state index is -0.781. The molecular formula is C13H16Cl2N2O2. The van der Waals surface area contributed by atoms with Crippen molar-refractivity contribution in [2.75, 3.05) is 12.3 Å². The highest BCUT2D eigenvalue weighted by atomic mass is 35.5. The number of nitrogens with one attached hydrogen (secondary N) is 1. The summed E-state index contributed by atoms with van der Waals surface area (Å²) in [4.78, 5) is 12.0. The molecule has 0 bridgehead atoms. The third-order valence-electron chi connectivity index (χ3n) is 3.45. The van der Waals surface area contributed by atoms with Gasteiger partial charge in [0, 0.05) is 12.1 Å². The van der Waals surface area contributed by atoms with Crippen LogP contribution in [0.3, 0.4) is 0 Å². The molecule has 1 aromatic carbocycles. The highest BCUT2D eigenvalue weighted by molar-refractivity contribution is 6.39. The Morgan fingerprint density at radius 3 is 2.37 bits per heavy atom. The summed E-state index contributed by atoms with van der Waals surface area (Å²) in [5.41, 5.74) is 5.43. The molecule has 1 aliphatic rings. The monoisotopic (exact) mass is 302 g/mol. The molecule has 0 heterocycles. The summed E-state index contributed by atoms with van der Waals surface area (Å²) in [7, 11) is 0. The summed E-state index contributed by atoms with van der Waals surface area (Å²) in [6, 6.07) is 2.94. The normalized spacial score (nSPS) is 17.4. The first-order valence-electron chi connectivity index (χ1n) is 6.16. The van der Waals surface area contributed by atoms with Gasteiger partial charge in [0.15, 0.2) is 0 Å². The van der Waals surface area contributed by atoms with E-state index in [4.69, 9.17) is 28.9 Å². The van der Waals surface area contributed by atoms with E-state index in [1.807, 2.05) is 0 Å². The fourth-order valence-corrected chi connectivity index (χ4v) is 2.76. The van der Waals surface area contributed by atoms with E-state index in [2.05, 4.69) is 5.32 Å². The smallest absolute Gasteiger partial charge is 0.251 e. The predicted molar refractivity (Wildman–Crippen MR) is 76.6 cm³/mol. The lowest BCUT2D eigenvalue weighted by molar-refractivity contribution is 0.0449. The third kappa shape index (κ3) is 3.32. The largest absolute Gasteiger partial charge is 0.396 e. The predicted octanol–water partition coefficient (Wildman–Crippen LogP) is 2.61. The molecule has 4 nitrogen and oxygen atoms in total. The first kappa shape index (κ1) is 14.4. The molecule has 0 saturated heterocycles. The van der Waals surface area contributed by atoms with E-state index in [9.17, 15) is 9.90 Å². The van der Waals surface area contributed by atoms with Gasteiger partial charge in [-0.15, -0.1) is 0 Å². The zero-order valence-electron chi connectivity index (χ0n) is 10.4. The average Bonchev–Trinajstić information content (AvgIpc) is 2.80. The van der Waals surface area contributed by atoms with Crippen LogP contribution in [0.15, 0.2) is 12.1 Å². The average molecular weight is 303 g/mol. The van der Waals surface area contributed by atoms with Gasteiger partial charge >= 0.3 is 0 Å². The van der Waals surface area contributed by atoms with Crippen LogP contribution in [-0.2, 0) is 0 Å². The van der Waals surface area contributed by atoms with Gasteiger partial charge in [-0.05, 0) is 25.0 Å². The molecule has 1 saturated carbocycles. The van der Waals surface area contributed by atoms with Crippen molar-refractivity contribution in [3.05, 3.63) is 27.7 Å². The van der Waals surface area contributed by atoms with E-state index in [-0.39, 0.29) is 28.2 Å². The maximum absolute atomic E-state index is 12.0. The molecule has 0 radical (unpaired) electrons. The lowest BCUT2D eigenvalue weighted by atomic mass is 10.0. The Labute approximate surface area is 121 Å². The molecular weight excluding hydrogens is 287 g/mol. The molecule has 4 N–H and O–H groups in total. The van der Waals surface area contributed by atoms with Crippen LogP contribution >= 0.6 is 23.2 Å². The van der Waals surface area contributed by atoms with Gasteiger partial charge in [-0.1, -0.05) is 36.0 Å². The maximum Gasteiger partial charge on any atom is 0.251 e. The molecule has 1 amide bonds. The summed E-state index contributed by atoms with van der Waals surface area (Å²) >= 11 is 11.8. The second kappa shape index (κ2) is 5.57. The van der Waals surface area contributed by atoms with Crippen molar-refractivity contribution in [3.8, 4) is 0 Å². The van der Waals surface area contributed by atoms with Crippen LogP contribution in [0.1, 0.15) is 36.0 Å². The minimum absolute atomic E-state index is 0.242. The highest BCUT2D eigenvalue weighted by Crippen LogP contribution is 2.30. The zero-order chi connectivity index (χ0) is 14.0. The lowest BCUT2D eigenvalue weighted by Crippen LogP contribution is -2.40. The molecule has 0 atom stereocenters. The van der Waals surface area contributed by atoms with E-state index in [1.54, 1.807) is 0 Å². The van der Waals surface area contributed by atoms with E-state index in [0.29, 0.717) is 5.56 Å². The lowest BCUT2D eigenvalue weighted by Gasteiger charge is -2.22. The Kier molecular flexibility index (Phi) is 4.23. The highest BCUT2D eigenvalue weighted by Gasteiger charge is 2.31. The van der Waals surface area contributed by atoms with Crippen LogP contribution in [0.2, 0.25) is 10.0 Å². The molecule has 1 fully saturated rings. The van der Waals surface area contributed by atoms with Crippen LogP contribution in [0, 0.1) is 0 Å². The van der Waals surface area contributed by atoms with Gasteiger partial charge in [0.1, 0.15) is 0 Å². The number of anilines is 1. The molecule has 1 aromatic rings. The Morgan fingerprint density at radius 2 is 1.84 bits per heavy atom. The van der Waals surface area contributed by atoms with E-state index >= 15 is 0 Å². The number of nitrogens with two attached hydrogens (primary N) is 1. The summed E-state index contributed by atoms with van der Waals surface area (Å²) in [6.45, 7) is 0.242. The van der Waals surface area contributed by atoms with Crippen LogP contribution in [0.25, 0.3) is 0 Å². The quantitative estimate of drug-likeness (QED) is 0.751. The standard InChI is InChI=1S/C13H16Cl2N2O2/c14-9-5-8(6-10(15)11(9)16)12(18)17-7-13(19)3-1-2-4-13/h5-6,19H,1-4,7,16H2,(H,17,18). The number of amides is 1. The molecule has 0 unspecified atom stereocenters. The van der Waals surface area contributed by atoms with Crippen molar-refractivity contribution < 1.29 is 9.90 Å². The SMILES string of the molecule is Nc1c(Cl)cc(C(=O)NCC2(O)CCCC2)cc1Cl. The van der Waals surface area contributed by atoms with Crippen molar-refractivity contribution >= 4 is 34.8 Å². The van der Waals surface area contributed by atoms with Crippen molar-refractivity contribution in [2.24, 2.45) is 0 Å². The number of hydrogen-bond donors (Lipinski definition) is 3. The number of rotatable bonds is 3. The second-order valence-corrected chi connectivity index (χ2v) is 5.78. The van der Waals surface area contributed by atoms with E-state index in [1.165, 1.54) is 12.1 Å². The summed E-state index contributed by atoms with van der Waals surface area (Å²) in [5, 5.41) is 13.4. The van der Waals surface area contributed by atoms with Crippen molar-refractivity contribution in [1.82, 2.24) is 5.32 Å². The molecule has 0 aromatic heterocycles. The molecule has 1 aliphatic carbocycles. The number of benzene rings is 1. The van der Waals surface area contributed by atoms with Gasteiger partial charge in [0.05, 0.1) is 21.3 Å². The van der Waals surface area contributed by atoms with Crippen LogP contribution in [-0.4, -0.2) is 23.2 Å². The first-order valence-corrected chi connectivity index (χ1v) is 6.92. The van der Waals surface area contributed by atoms with Crippen molar-refractivity contribution in [2.45, 2.75) is 31.3 Å². The Bertz CT molecular complexity index is 476. The van der Waals surface area contributed by atoms with Crippen LogP contribution < -0.4 is 11.1 Å². The molecule has 104 valence electrons. The second-order valence-electron chi connectivity index (χ2n) is 4.97. The van der Waals surface area contributed by atoms with Crippen LogP contribution in [0.4, 0.5) is 5.69 Å². The van der Waals surface area contributed by atoms with Gasteiger partial charge in [-0.25, -0.2) is 0 Å². The Balaban J connectivity index is 2.04. The van der Waals surface area contributed by atoms with Gasteiger partial charge in [0.25, 0.3) is 5.91 Å². The topological polar surface area (TPSA) is 75.4 Å². The van der Waals surface area contributed by atoms with E-state index in [0.717, 1.165) is 25.7 Å². The van der Waals surface area contributed by atoms with Gasteiger partial charge in [-0.2, -0.15) is 0 Å². The summed E-state index contributed by atoms with van der Waals surface area (Å²) in [5.74, 6) is -0.316. The van der Waals surface area contributed by atoms with Gasteiger partial charge in [-0.3, -0.25) is 4.79 Å². The number of hydrogen-bond acceptors (Lipinski definition) is 3. The number of aliphatic hydroxyl groups is 1. The summed E-state index contributed by atoms with van der Waals surface area (Å²) < 4.78 is 0. The third-order valence-corrected chi connectivity index (χ3v) is 4.08. The molecule has 0 spiro atoms. The molecule has 2 rings (SSSR count). The van der Waals surface area contributed by atoms with E-state index < -0.39 is 5.60 Å². The molecule has 19 heavy (non-hydrogen) atoms.